The first-order chi connectivity index (χ1) is 10.6. The number of amides is 1. The summed E-state index contributed by atoms with van der Waals surface area (Å²) in [7, 11) is 0. The molecule has 1 fully saturated rings. The summed E-state index contributed by atoms with van der Waals surface area (Å²) in [6.45, 7) is 7.90. The van der Waals surface area contributed by atoms with Gasteiger partial charge in [0.05, 0.1) is 6.54 Å². The lowest BCUT2D eigenvalue weighted by molar-refractivity contribution is -0.0949. The van der Waals surface area contributed by atoms with Crippen molar-refractivity contribution >= 4 is 17.7 Å². The number of halogens is 1. The zero-order valence-corrected chi connectivity index (χ0v) is 14.8. The van der Waals surface area contributed by atoms with Gasteiger partial charge < -0.3 is 19.5 Å². The molecular weight excluding hydrogens is 318 g/mol. The van der Waals surface area contributed by atoms with Crippen molar-refractivity contribution in [2.75, 3.05) is 13.1 Å². The number of carbonyl (C=O) groups is 1. The van der Waals surface area contributed by atoms with E-state index in [1.807, 2.05) is 20.8 Å². The molecule has 2 atom stereocenters. The minimum atomic E-state index is -1.02. The van der Waals surface area contributed by atoms with E-state index < -0.39 is 23.4 Å². The summed E-state index contributed by atoms with van der Waals surface area (Å²) in [6, 6.07) is 6.93. The van der Waals surface area contributed by atoms with Gasteiger partial charge in [0.2, 0.25) is 0 Å². The summed E-state index contributed by atoms with van der Waals surface area (Å²) in [6.07, 6.45) is -0.507. The molecule has 6 heteroatoms. The second-order valence-electron chi connectivity index (χ2n) is 7.09. The highest BCUT2D eigenvalue weighted by Gasteiger charge is 2.41. The van der Waals surface area contributed by atoms with Gasteiger partial charge in [0.1, 0.15) is 23.1 Å². The molecule has 0 bridgehead atoms. The van der Waals surface area contributed by atoms with E-state index in [0.29, 0.717) is 23.7 Å². The van der Waals surface area contributed by atoms with Crippen LogP contribution in [0.25, 0.3) is 0 Å². The minimum Gasteiger partial charge on any atom is -0.486 e. The standard InChI is InChI=1S/C17H24ClNO4/c1-16(2,3)23-15(20)19-10-9-17(4,21)14(11-19)22-13-7-5-12(18)6-8-13/h5-8,14,21H,9-11H2,1-4H3. The van der Waals surface area contributed by atoms with Gasteiger partial charge in [0.15, 0.2) is 0 Å². The zero-order chi connectivity index (χ0) is 17.3. The van der Waals surface area contributed by atoms with E-state index in [-0.39, 0.29) is 6.54 Å². The largest absolute Gasteiger partial charge is 0.486 e. The highest BCUT2D eigenvalue weighted by atomic mass is 35.5. The molecule has 0 radical (unpaired) electrons. The molecule has 1 aromatic rings. The van der Waals surface area contributed by atoms with Crippen LogP contribution in [0.2, 0.25) is 5.02 Å². The Labute approximate surface area is 142 Å². The third-order valence-corrected chi connectivity index (χ3v) is 3.96. The van der Waals surface area contributed by atoms with Crippen molar-refractivity contribution in [1.29, 1.82) is 0 Å². The Hall–Kier alpha value is -1.46. The lowest BCUT2D eigenvalue weighted by atomic mass is 9.90. The van der Waals surface area contributed by atoms with Crippen molar-refractivity contribution in [3.8, 4) is 5.75 Å². The average Bonchev–Trinajstić information content (AvgIpc) is 2.41. The lowest BCUT2D eigenvalue weighted by Crippen LogP contribution is -2.58. The number of piperidine rings is 1. The number of rotatable bonds is 2. The molecule has 1 N–H and O–H groups in total. The van der Waals surface area contributed by atoms with Crippen molar-refractivity contribution in [2.45, 2.75) is 51.4 Å². The van der Waals surface area contributed by atoms with Gasteiger partial charge in [-0.1, -0.05) is 11.6 Å². The van der Waals surface area contributed by atoms with Crippen molar-refractivity contribution < 1.29 is 19.4 Å². The highest BCUT2D eigenvalue weighted by Crippen LogP contribution is 2.28. The number of likely N-dealkylation sites (tertiary alicyclic amines) is 1. The monoisotopic (exact) mass is 341 g/mol. The molecule has 23 heavy (non-hydrogen) atoms. The first kappa shape index (κ1) is 17.9. The number of nitrogens with zero attached hydrogens (tertiary/aromatic N) is 1. The van der Waals surface area contributed by atoms with Crippen molar-refractivity contribution in [2.24, 2.45) is 0 Å². The summed E-state index contributed by atoms with van der Waals surface area (Å²) < 4.78 is 11.3. The van der Waals surface area contributed by atoms with Crippen molar-refractivity contribution in [3.05, 3.63) is 29.3 Å². The number of hydrogen-bond acceptors (Lipinski definition) is 4. The molecule has 1 aliphatic rings. The second-order valence-corrected chi connectivity index (χ2v) is 7.53. The Morgan fingerprint density at radius 2 is 1.96 bits per heavy atom. The maximum atomic E-state index is 12.2. The molecule has 0 saturated carbocycles. The van der Waals surface area contributed by atoms with Crippen LogP contribution in [0.5, 0.6) is 5.75 Å². The number of carbonyl (C=O) groups excluding carboxylic acids is 1. The Kier molecular flexibility index (Phi) is 5.11. The van der Waals surface area contributed by atoms with Crippen LogP contribution in [-0.2, 0) is 4.74 Å². The molecular formula is C17H24ClNO4. The van der Waals surface area contributed by atoms with Gasteiger partial charge in [-0.25, -0.2) is 4.79 Å². The molecule has 128 valence electrons. The summed E-state index contributed by atoms with van der Waals surface area (Å²) in [5.74, 6) is 0.603. The molecule has 1 aliphatic heterocycles. The van der Waals surface area contributed by atoms with Gasteiger partial charge in [-0.05, 0) is 58.4 Å². The van der Waals surface area contributed by atoms with E-state index >= 15 is 0 Å². The van der Waals surface area contributed by atoms with E-state index in [1.165, 1.54) is 0 Å². The SMILES string of the molecule is CC(C)(C)OC(=O)N1CCC(C)(O)C(Oc2ccc(Cl)cc2)C1. The van der Waals surface area contributed by atoms with Crippen LogP contribution in [0, 0.1) is 0 Å². The van der Waals surface area contributed by atoms with Gasteiger partial charge in [0.25, 0.3) is 0 Å². The molecule has 0 spiro atoms. The van der Waals surface area contributed by atoms with E-state index in [2.05, 4.69) is 0 Å². The predicted octanol–water partition coefficient (Wildman–Crippen LogP) is 3.48. The van der Waals surface area contributed by atoms with Crippen LogP contribution in [0.15, 0.2) is 24.3 Å². The quantitative estimate of drug-likeness (QED) is 0.894. The van der Waals surface area contributed by atoms with Crippen molar-refractivity contribution in [3.63, 3.8) is 0 Å². The van der Waals surface area contributed by atoms with Gasteiger partial charge >= 0.3 is 6.09 Å². The zero-order valence-electron chi connectivity index (χ0n) is 14.0. The van der Waals surface area contributed by atoms with Gasteiger partial charge in [0, 0.05) is 11.6 Å². The minimum absolute atomic E-state index is 0.268. The molecule has 1 saturated heterocycles. The van der Waals surface area contributed by atoms with E-state index in [1.54, 1.807) is 36.1 Å². The van der Waals surface area contributed by atoms with Gasteiger partial charge in [-0.3, -0.25) is 0 Å². The molecule has 0 aromatic heterocycles. The Balaban J connectivity index is 2.07. The summed E-state index contributed by atoms with van der Waals surface area (Å²) in [5.41, 5.74) is -1.57. The molecule has 0 aliphatic carbocycles. The molecule has 1 aromatic carbocycles. The maximum Gasteiger partial charge on any atom is 0.410 e. The normalized spacial score (nSPS) is 25.1. The van der Waals surface area contributed by atoms with Crippen LogP contribution < -0.4 is 4.74 Å². The van der Waals surface area contributed by atoms with Crippen LogP contribution >= 0.6 is 11.6 Å². The van der Waals surface area contributed by atoms with Crippen molar-refractivity contribution in [1.82, 2.24) is 4.90 Å². The average molecular weight is 342 g/mol. The van der Waals surface area contributed by atoms with Crippen LogP contribution in [0.3, 0.4) is 0 Å². The Bertz CT molecular complexity index is 551. The van der Waals surface area contributed by atoms with Gasteiger partial charge in [-0.15, -0.1) is 0 Å². The predicted molar refractivity (Wildman–Crippen MR) is 88.9 cm³/mol. The molecule has 5 nitrogen and oxygen atoms in total. The first-order valence-corrected chi connectivity index (χ1v) is 8.07. The first-order valence-electron chi connectivity index (χ1n) is 7.69. The molecule has 2 rings (SSSR count). The molecule has 1 amide bonds. The number of hydrogen-bond donors (Lipinski definition) is 1. The van der Waals surface area contributed by atoms with Crippen LogP contribution in [0.4, 0.5) is 4.79 Å². The second kappa shape index (κ2) is 6.57. The van der Waals surface area contributed by atoms with Crippen LogP contribution in [-0.4, -0.2) is 46.5 Å². The van der Waals surface area contributed by atoms with Crippen LogP contribution in [0.1, 0.15) is 34.1 Å². The third kappa shape index (κ3) is 5.01. The molecule has 2 unspecified atom stereocenters. The highest BCUT2D eigenvalue weighted by molar-refractivity contribution is 6.30. The third-order valence-electron chi connectivity index (χ3n) is 3.71. The molecule has 1 heterocycles. The number of benzene rings is 1. The maximum absolute atomic E-state index is 12.2. The lowest BCUT2D eigenvalue weighted by Gasteiger charge is -2.42. The smallest absolute Gasteiger partial charge is 0.410 e. The number of ether oxygens (including phenoxy) is 2. The number of aliphatic hydroxyl groups is 1. The summed E-state index contributed by atoms with van der Waals surface area (Å²) >= 11 is 5.86. The fourth-order valence-corrected chi connectivity index (χ4v) is 2.47. The Morgan fingerprint density at radius 3 is 2.52 bits per heavy atom. The van der Waals surface area contributed by atoms with E-state index in [4.69, 9.17) is 21.1 Å². The summed E-state index contributed by atoms with van der Waals surface area (Å²) in [5, 5.41) is 11.2. The van der Waals surface area contributed by atoms with E-state index in [0.717, 1.165) is 0 Å². The van der Waals surface area contributed by atoms with E-state index in [9.17, 15) is 9.90 Å². The topological polar surface area (TPSA) is 59.0 Å². The summed E-state index contributed by atoms with van der Waals surface area (Å²) in [4.78, 5) is 13.8. The Morgan fingerprint density at radius 1 is 1.35 bits per heavy atom. The fraction of sp³-hybridized carbons (Fsp3) is 0.588. The fourth-order valence-electron chi connectivity index (χ4n) is 2.34. The van der Waals surface area contributed by atoms with Gasteiger partial charge in [-0.2, -0.15) is 0 Å².